The number of H-pyrrole nitrogens is 1. The molecule has 1 saturated carbocycles. The topological polar surface area (TPSA) is 85.9 Å². The van der Waals surface area contributed by atoms with Crippen LogP contribution in [0.1, 0.15) is 18.9 Å². The maximum absolute atomic E-state index is 13.9. The smallest absolute Gasteiger partial charge is 0.344 e. The van der Waals surface area contributed by atoms with Crippen molar-refractivity contribution in [3.05, 3.63) is 28.4 Å². The molecule has 8 heteroatoms. The molecule has 1 aromatic carbocycles. The van der Waals surface area contributed by atoms with Crippen LogP contribution in [0.25, 0.3) is 0 Å². The Labute approximate surface area is 118 Å². The summed E-state index contributed by atoms with van der Waals surface area (Å²) in [6.07, 6.45) is 1.89. The van der Waals surface area contributed by atoms with Gasteiger partial charge in [-0.1, -0.05) is 0 Å². The quantitative estimate of drug-likeness (QED) is 0.840. The molecule has 3 rings (SSSR count). The van der Waals surface area contributed by atoms with Crippen molar-refractivity contribution in [1.82, 2.24) is 14.8 Å². The van der Waals surface area contributed by atoms with Crippen molar-refractivity contribution in [2.45, 2.75) is 28.9 Å². The van der Waals surface area contributed by atoms with Gasteiger partial charge in [0.25, 0.3) is 0 Å². The molecular formula is C12H13FN4O2S. The normalized spacial score (nSPS) is 14.5. The van der Waals surface area contributed by atoms with Gasteiger partial charge < -0.3 is 10.5 Å². The molecule has 3 N–H and O–H groups in total. The number of rotatable bonds is 4. The fourth-order valence-corrected chi connectivity index (χ4v) is 2.86. The number of nitrogens with two attached hydrogens (primary N) is 1. The first-order valence-corrected chi connectivity index (χ1v) is 6.89. The molecule has 0 spiro atoms. The maximum atomic E-state index is 13.9. The second kappa shape index (κ2) is 4.86. The zero-order valence-electron chi connectivity index (χ0n) is 10.7. The minimum Gasteiger partial charge on any atom is -0.495 e. The van der Waals surface area contributed by atoms with Gasteiger partial charge in [0.05, 0.1) is 17.7 Å². The van der Waals surface area contributed by atoms with Crippen LogP contribution in [0.4, 0.5) is 10.1 Å². The van der Waals surface area contributed by atoms with Gasteiger partial charge in [0.2, 0.25) is 0 Å². The van der Waals surface area contributed by atoms with E-state index in [0.717, 1.165) is 24.6 Å². The summed E-state index contributed by atoms with van der Waals surface area (Å²) >= 11 is 1.08. The van der Waals surface area contributed by atoms with Gasteiger partial charge in [-0.25, -0.2) is 14.3 Å². The molecule has 0 radical (unpaired) electrons. The Bertz CT molecular complexity index is 708. The van der Waals surface area contributed by atoms with Crippen LogP contribution in [0.5, 0.6) is 5.75 Å². The second-order valence-electron chi connectivity index (χ2n) is 4.54. The standard InChI is InChI=1S/C12H13FN4O2S/c1-19-9-5-10(7(13)4-8(9)14)20-12-16-15-11(18)17(12)6-2-3-6/h4-6H,2-3,14H2,1H3,(H,15,18). The van der Waals surface area contributed by atoms with Gasteiger partial charge in [0, 0.05) is 12.1 Å². The highest BCUT2D eigenvalue weighted by atomic mass is 32.2. The van der Waals surface area contributed by atoms with Crippen molar-refractivity contribution in [3.63, 3.8) is 0 Å². The van der Waals surface area contributed by atoms with Crippen LogP contribution < -0.4 is 16.2 Å². The van der Waals surface area contributed by atoms with Crippen molar-refractivity contribution in [1.29, 1.82) is 0 Å². The van der Waals surface area contributed by atoms with Crippen molar-refractivity contribution in [2.75, 3.05) is 12.8 Å². The van der Waals surface area contributed by atoms with E-state index in [9.17, 15) is 9.18 Å². The molecule has 1 aliphatic carbocycles. The number of nitrogens with one attached hydrogen (secondary N) is 1. The van der Waals surface area contributed by atoms with Crippen LogP contribution in [0.2, 0.25) is 0 Å². The zero-order valence-corrected chi connectivity index (χ0v) is 11.5. The van der Waals surface area contributed by atoms with Gasteiger partial charge in [-0.3, -0.25) is 4.57 Å². The van der Waals surface area contributed by atoms with E-state index < -0.39 is 5.82 Å². The van der Waals surface area contributed by atoms with Crippen LogP contribution in [0, 0.1) is 5.82 Å². The van der Waals surface area contributed by atoms with Gasteiger partial charge in [-0.2, -0.15) is 0 Å². The Morgan fingerprint density at radius 1 is 1.55 bits per heavy atom. The molecule has 106 valence electrons. The lowest BCUT2D eigenvalue weighted by atomic mass is 10.3. The summed E-state index contributed by atoms with van der Waals surface area (Å²) in [5.41, 5.74) is 5.60. The summed E-state index contributed by atoms with van der Waals surface area (Å²) in [6.45, 7) is 0. The van der Waals surface area contributed by atoms with Crippen LogP contribution in [0.15, 0.2) is 27.0 Å². The summed E-state index contributed by atoms with van der Waals surface area (Å²) in [7, 11) is 1.46. The lowest BCUT2D eigenvalue weighted by Crippen LogP contribution is -2.16. The largest absolute Gasteiger partial charge is 0.495 e. The number of methoxy groups -OCH3 is 1. The van der Waals surface area contributed by atoms with Gasteiger partial charge in [-0.05, 0) is 30.7 Å². The summed E-state index contributed by atoms with van der Waals surface area (Å²) < 4.78 is 20.6. The third-order valence-electron chi connectivity index (χ3n) is 3.07. The van der Waals surface area contributed by atoms with E-state index in [1.54, 1.807) is 4.57 Å². The van der Waals surface area contributed by atoms with Crippen molar-refractivity contribution < 1.29 is 9.13 Å². The van der Waals surface area contributed by atoms with Gasteiger partial charge in [0.15, 0.2) is 5.16 Å². The highest BCUT2D eigenvalue weighted by Crippen LogP contribution is 2.39. The Morgan fingerprint density at radius 2 is 2.30 bits per heavy atom. The van der Waals surface area contributed by atoms with Crippen LogP contribution >= 0.6 is 11.8 Å². The second-order valence-corrected chi connectivity index (χ2v) is 5.55. The third kappa shape index (κ3) is 2.26. The summed E-state index contributed by atoms with van der Waals surface area (Å²) in [6, 6.07) is 2.88. The number of nitrogens with zero attached hydrogens (tertiary/aromatic N) is 2. The van der Waals surface area contributed by atoms with Crippen LogP contribution in [-0.4, -0.2) is 21.9 Å². The van der Waals surface area contributed by atoms with Gasteiger partial charge in [-0.15, -0.1) is 5.10 Å². The van der Waals surface area contributed by atoms with Gasteiger partial charge >= 0.3 is 5.69 Å². The van der Waals surface area contributed by atoms with E-state index in [-0.39, 0.29) is 17.4 Å². The Kier molecular flexibility index (Phi) is 3.17. The predicted octanol–water partition coefficient (Wildman–Crippen LogP) is 1.79. The average molecular weight is 296 g/mol. The molecular weight excluding hydrogens is 283 g/mol. The lowest BCUT2D eigenvalue weighted by Gasteiger charge is -2.09. The number of aromatic amines is 1. The Balaban J connectivity index is 1.97. The number of anilines is 1. The molecule has 1 aromatic heterocycles. The fourth-order valence-electron chi connectivity index (χ4n) is 1.92. The van der Waals surface area contributed by atoms with Crippen molar-refractivity contribution >= 4 is 17.4 Å². The first kappa shape index (κ1) is 13.0. The molecule has 2 aromatic rings. The fraction of sp³-hybridized carbons (Fsp3) is 0.333. The summed E-state index contributed by atoms with van der Waals surface area (Å²) in [5, 5.41) is 6.78. The molecule has 20 heavy (non-hydrogen) atoms. The zero-order chi connectivity index (χ0) is 14.3. The number of hydrogen-bond acceptors (Lipinski definition) is 5. The molecule has 0 bridgehead atoms. The van der Waals surface area contributed by atoms with E-state index in [0.29, 0.717) is 15.8 Å². The Hall–Kier alpha value is -1.96. The number of halogens is 1. The van der Waals surface area contributed by atoms with Crippen LogP contribution in [-0.2, 0) is 0 Å². The van der Waals surface area contributed by atoms with E-state index in [2.05, 4.69) is 10.2 Å². The molecule has 0 aliphatic heterocycles. The maximum Gasteiger partial charge on any atom is 0.344 e. The molecule has 1 heterocycles. The Morgan fingerprint density at radius 3 is 2.95 bits per heavy atom. The number of ether oxygens (including phenoxy) is 1. The minimum atomic E-state index is -0.467. The first-order valence-electron chi connectivity index (χ1n) is 6.08. The predicted molar refractivity (Wildman–Crippen MR) is 72.6 cm³/mol. The molecule has 0 saturated heterocycles. The molecule has 1 aliphatic rings. The van der Waals surface area contributed by atoms with Crippen LogP contribution in [0.3, 0.4) is 0 Å². The minimum absolute atomic E-state index is 0.169. The summed E-state index contributed by atoms with van der Waals surface area (Å²) in [4.78, 5) is 12.0. The molecule has 1 fully saturated rings. The monoisotopic (exact) mass is 296 g/mol. The molecule has 0 unspecified atom stereocenters. The number of nitrogen functional groups attached to an aromatic ring is 1. The highest BCUT2D eigenvalue weighted by molar-refractivity contribution is 7.99. The summed E-state index contributed by atoms with van der Waals surface area (Å²) in [5.74, 6) is -0.0733. The number of aromatic nitrogens is 3. The molecule has 0 atom stereocenters. The third-order valence-corrected chi connectivity index (χ3v) is 4.07. The SMILES string of the molecule is COc1cc(Sc2n[nH]c(=O)n2C2CC2)c(F)cc1N. The van der Waals surface area contributed by atoms with E-state index in [4.69, 9.17) is 10.5 Å². The van der Waals surface area contributed by atoms with Gasteiger partial charge in [0.1, 0.15) is 11.6 Å². The van der Waals surface area contributed by atoms with E-state index in [1.807, 2.05) is 0 Å². The molecule has 6 nitrogen and oxygen atoms in total. The van der Waals surface area contributed by atoms with Crippen molar-refractivity contribution in [3.8, 4) is 5.75 Å². The lowest BCUT2D eigenvalue weighted by molar-refractivity contribution is 0.414. The van der Waals surface area contributed by atoms with E-state index >= 15 is 0 Å². The first-order chi connectivity index (χ1) is 9.60. The van der Waals surface area contributed by atoms with Crippen molar-refractivity contribution in [2.24, 2.45) is 0 Å². The average Bonchev–Trinajstić information content (AvgIpc) is 3.18. The molecule has 0 amide bonds. The number of hydrogen-bond donors (Lipinski definition) is 2. The van der Waals surface area contributed by atoms with E-state index in [1.165, 1.54) is 19.2 Å². The number of benzene rings is 1. The highest BCUT2D eigenvalue weighted by Gasteiger charge is 2.29.